The Morgan fingerprint density at radius 2 is 1.71 bits per heavy atom. The summed E-state index contributed by atoms with van der Waals surface area (Å²) in [4.78, 5) is 13.1. The highest BCUT2D eigenvalue weighted by molar-refractivity contribution is 6.09. The average Bonchev–Trinajstić information content (AvgIpc) is 3.06. The molecule has 118 valence electrons. The molecule has 4 aromatic rings. The van der Waals surface area contributed by atoms with Gasteiger partial charge in [-0.25, -0.2) is 0 Å². The van der Waals surface area contributed by atoms with Crippen molar-refractivity contribution < 1.29 is 18.6 Å². The van der Waals surface area contributed by atoms with Crippen molar-refractivity contribution in [1.82, 2.24) is 0 Å². The largest absolute Gasteiger partial charge is 0.497 e. The van der Waals surface area contributed by atoms with Gasteiger partial charge in [-0.2, -0.15) is 0 Å². The SMILES string of the molecule is COc1ccc2oc3ccc4cc5c(cc4c3c(=O)c2c1)OCO5. The number of ether oxygens (including phenoxy) is 3. The van der Waals surface area contributed by atoms with Crippen molar-refractivity contribution in [2.24, 2.45) is 0 Å². The molecular weight excluding hydrogens is 308 g/mol. The van der Waals surface area contributed by atoms with Crippen LogP contribution in [0.4, 0.5) is 0 Å². The Labute approximate surface area is 136 Å². The van der Waals surface area contributed by atoms with Crippen LogP contribution in [0.1, 0.15) is 0 Å². The highest BCUT2D eigenvalue weighted by atomic mass is 16.7. The maximum absolute atomic E-state index is 13.1. The maximum atomic E-state index is 13.1. The predicted molar refractivity (Wildman–Crippen MR) is 90.2 cm³/mol. The smallest absolute Gasteiger partial charge is 0.231 e. The van der Waals surface area contributed by atoms with Gasteiger partial charge in [0.2, 0.25) is 12.2 Å². The summed E-state index contributed by atoms with van der Waals surface area (Å²) in [6, 6.07) is 12.7. The summed E-state index contributed by atoms with van der Waals surface area (Å²) < 4.78 is 22.0. The molecule has 0 atom stereocenters. The first-order valence-electron chi connectivity index (χ1n) is 7.51. The lowest BCUT2D eigenvalue weighted by Crippen LogP contribution is -2.03. The fraction of sp³-hybridized carbons (Fsp3) is 0.105. The van der Waals surface area contributed by atoms with Crippen molar-refractivity contribution in [2.75, 3.05) is 13.9 Å². The van der Waals surface area contributed by atoms with Gasteiger partial charge in [-0.05, 0) is 41.8 Å². The number of rotatable bonds is 1. The van der Waals surface area contributed by atoms with Crippen molar-refractivity contribution in [1.29, 1.82) is 0 Å². The lowest BCUT2D eigenvalue weighted by atomic mass is 10.0. The molecule has 24 heavy (non-hydrogen) atoms. The first kappa shape index (κ1) is 13.2. The first-order valence-corrected chi connectivity index (χ1v) is 7.51. The molecule has 5 heteroatoms. The molecular formula is C19H12O5. The third-order valence-corrected chi connectivity index (χ3v) is 4.35. The Morgan fingerprint density at radius 3 is 2.54 bits per heavy atom. The van der Waals surface area contributed by atoms with E-state index in [0.29, 0.717) is 39.2 Å². The monoisotopic (exact) mass is 320 g/mol. The van der Waals surface area contributed by atoms with Gasteiger partial charge in [0, 0.05) is 5.39 Å². The summed E-state index contributed by atoms with van der Waals surface area (Å²) in [5.41, 5.74) is 0.993. The van der Waals surface area contributed by atoms with Crippen molar-refractivity contribution in [3.63, 3.8) is 0 Å². The van der Waals surface area contributed by atoms with E-state index in [4.69, 9.17) is 18.6 Å². The summed E-state index contributed by atoms with van der Waals surface area (Å²) in [5, 5.41) is 2.72. The molecule has 0 amide bonds. The Hall–Kier alpha value is -3.21. The van der Waals surface area contributed by atoms with E-state index in [2.05, 4.69) is 0 Å². The third kappa shape index (κ3) is 1.72. The molecule has 1 aromatic heterocycles. The molecule has 0 N–H and O–H groups in total. The Balaban J connectivity index is 1.97. The van der Waals surface area contributed by atoms with Gasteiger partial charge in [0.25, 0.3) is 0 Å². The third-order valence-electron chi connectivity index (χ3n) is 4.35. The lowest BCUT2D eigenvalue weighted by molar-refractivity contribution is 0.174. The number of methoxy groups -OCH3 is 1. The van der Waals surface area contributed by atoms with Crippen molar-refractivity contribution in [2.45, 2.75) is 0 Å². The molecule has 0 aliphatic carbocycles. The van der Waals surface area contributed by atoms with Crippen LogP contribution in [0.3, 0.4) is 0 Å². The van der Waals surface area contributed by atoms with Crippen LogP contribution in [-0.2, 0) is 0 Å². The van der Waals surface area contributed by atoms with Gasteiger partial charge in [-0.1, -0.05) is 6.07 Å². The van der Waals surface area contributed by atoms with Crippen LogP contribution in [0.15, 0.2) is 51.7 Å². The van der Waals surface area contributed by atoms with Gasteiger partial charge in [-0.3, -0.25) is 4.79 Å². The second-order valence-corrected chi connectivity index (χ2v) is 5.66. The van der Waals surface area contributed by atoms with Crippen LogP contribution in [-0.4, -0.2) is 13.9 Å². The lowest BCUT2D eigenvalue weighted by Gasteiger charge is -2.07. The molecule has 0 saturated carbocycles. The highest BCUT2D eigenvalue weighted by Crippen LogP contribution is 2.38. The van der Waals surface area contributed by atoms with E-state index in [1.54, 1.807) is 25.3 Å². The summed E-state index contributed by atoms with van der Waals surface area (Å²) >= 11 is 0. The van der Waals surface area contributed by atoms with Crippen molar-refractivity contribution in [3.05, 3.63) is 52.7 Å². The quantitative estimate of drug-likeness (QED) is 0.394. The standard InChI is InChI=1S/C19H12O5/c1-21-11-3-5-14-13(7-11)19(20)18-12-8-17-16(22-9-23-17)6-10(12)2-4-15(18)24-14/h2-8H,9H2,1H3. The molecule has 0 fully saturated rings. The van der Waals surface area contributed by atoms with E-state index < -0.39 is 0 Å². The molecule has 5 rings (SSSR count). The Morgan fingerprint density at radius 1 is 0.917 bits per heavy atom. The van der Waals surface area contributed by atoms with Gasteiger partial charge >= 0.3 is 0 Å². The number of fused-ring (bicyclic) bond motifs is 5. The number of benzene rings is 3. The van der Waals surface area contributed by atoms with E-state index in [-0.39, 0.29) is 12.2 Å². The van der Waals surface area contributed by atoms with Gasteiger partial charge in [0.05, 0.1) is 17.9 Å². The fourth-order valence-electron chi connectivity index (χ4n) is 3.17. The molecule has 0 radical (unpaired) electrons. The molecule has 0 spiro atoms. The van der Waals surface area contributed by atoms with Crippen LogP contribution in [0.5, 0.6) is 17.2 Å². The number of hydrogen-bond acceptors (Lipinski definition) is 5. The van der Waals surface area contributed by atoms with Crippen LogP contribution < -0.4 is 19.6 Å². The minimum Gasteiger partial charge on any atom is -0.497 e. The highest BCUT2D eigenvalue weighted by Gasteiger charge is 2.18. The molecule has 3 aromatic carbocycles. The van der Waals surface area contributed by atoms with E-state index in [1.165, 1.54) is 0 Å². The van der Waals surface area contributed by atoms with Gasteiger partial charge < -0.3 is 18.6 Å². The summed E-state index contributed by atoms with van der Waals surface area (Å²) in [6.45, 7) is 0.193. The summed E-state index contributed by atoms with van der Waals surface area (Å²) in [6.07, 6.45) is 0. The van der Waals surface area contributed by atoms with Crippen molar-refractivity contribution >= 4 is 32.7 Å². The average molecular weight is 320 g/mol. The van der Waals surface area contributed by atoms with E-state index in [1.807, 2.05) is 24.3 Å². The second-order valence-electron chi connectivity index (χ2n) is 5.66. The van der Waals surface area contributed by atoms with Crippen LogP contribution in [0.2, 0.25) is 0 Å². The molecule has 1 aliphatic heterocycles. The molecule has 1 aliphatic rings. The first-order chi connectivity index (χ1) is 11.7. The topological polar surface area (TPSA) is 57.9 Å². The molecule has 0 bridgehead atoms. The zero-order chi connectivity index (χ0) is 16.3. The molecule has 2 heterocycles. The van der Waals surface area contributed by atoms with Crippen molar-refractivity contribution in [3.8, 4) is 17.2 Å². The minimum atomic E-state index is -0.0883. The zero-order valence-corrected chi connectivity index (χ0v) is 12.8. The molecule has 0 unspecified atom stereocenters. The molecule has 5 nitrogen and oxygen atoms in total. The number of hydrogen-bond donors (Lipinski definition) is 0. The van der Waals surface area contributed by atoms with E-state index >= 15 is 0 Å². The van der Waals surface area contributed by atoms with E-state index in [0.717, 1.165) is 10.8 Å². The molecule has 0 saturated heterocycles. The predicted octanol–water partition coefficient (Wildman–Crippen LogP) is 3.84. The van der Waals surface area contributed by atoms with Crippen LogP contribution in [0.25, 0.3) is 32.7 Å². The van der Waals surface area contributed by atoms with Gasteiger partial charge in [0.1, 0.15) is 16.9 Å². The second kappa shape index (κ2) is 4.64. The van der Waals surface area contributed by atoms with Gasteiger partial charge in [0.15, 0.2) is 11.5 Å². The Kier molecular flexibility index (Phi) is 2.56. The minimum absolute atomic E-state index is 0.0883. The zero-order valence-electron chi connectivity index (χ0n) is 12.8. The van der Waals surface area contributed by atoms with E-state index in [9.17, 15) is 4.79 Å². The normalized spacial score (nSPS) is 13.0. The summed E-state index contributed by atoms with van der Waals surface area (Å²) in [7, 11) is 1.57. The summed E-state index contributed by atoms with van der Waals surface area (Å²) in [5.74, 6) is 1.95. The maximum Gasteiger partial charge on any atom is 0.231 e. The Bertz CT molecular complexity index is 1190. The van der Waals surface area contributed by atoms with Crippen LogP contribution >= 0.6 is 0 Å². The van der Waals surface area contributed by atoms with Crippen LogP contribution in [0, 0.1) is 0 Å². The van der Waals surface area contributed by atoms with Gasteiger partial charge in [-0.15, -0.1) is 0 Å². The fourth-order valence-corrected chi connectivity index (χ4v) is 3.17.